The molecule has 1 amide bonds. The highest BCUT2D eigenvalue weighted by Gasteiger charge is 2.38. The van der Waals surface area contributed by atoms with Crippen molar-refractivity contribution in [2.45, 2.75) is 18.5 Å². The Kier molecular flexibility index (Phi) is 6.67. The number of methoxy groups -OCH3 is 1. The smallest absolute Gasteiger partial charge is 0.416 e. The van der Waals surface area contributed by atoms with E-state index >= 15 is 0 Å². The van der Waals surface area contributed by atoms with Crippen LogP contribution in [0.1, 0.15) is 29.2 Å². The third kappa shape index (κ3) is 4.80. The molecule has 1 saturated heterocycles. The number of hydrogen-bond acceptors (Lipinski definition) is 7. The number of aromatic nitrogens is 2. The van der Waals surface area contributed by atoms with Gasteiger partial charge in [-0.1, -0.05) is 6.07 Å². The van der Waals surface area contributed by atoms with Crippen LogP contribution in [0.25, 0.3) is 10.9 Å². The monoisotopic (exact) mass is 502 g/mol. The van der Waals surface area contributed by atoms with E-state index in [1.54, 1.807) is 12.1 Å². The number of rotatable bonds is 7. The average Bonchev–Trinajstić information content (AvgIpc) is 3.20. The normalized spacial score (nSPS) is 18.2. The number of carbonyl (C=O) groups is 1. The lowest BCUT2D eigenvalue weighted by molar-refractivity contribution is -0.137. The molecule has 1 fully saturated rings. The molecule has 0 saturated carbocycles. The summed E-state index contributed by atoms with van der Waals surface area (Å²) in [6, 6.07) is 6.67. The third-order valence-corrected chi connectivity index (χ3v) is 6.42. The summed E-state index contributed by atoms with van der Waals surface area (Å²) in [4.78, 5) is 23.8. The van der Waals surface area contributed by atoms with E-state index < -0.39 is 23.6 Å². The van der Waals surface area contributed by atoms with E-state index in [4.69, 9.17) is 14.2 Å². The highest BCUT2D eigenvalue weighted by Crippen LogP contribution is 2.43. The fraction of sp³-hybridized carbons (Fsp3) is 0.400. The van der Waals surface area contributed by atoms with Gasteiger partial charge in [0, 0.05) is 36.8 Å². The van der Waals surface area contributed by atoms with Gasteiger partial charge in [0.2, 0.25) is 5.91 Å². The van der Waals surface area contributed by atoms with Crippen LogP contribution < -0.4 is 14.8 Å². The molecular weight excluding hydrogens is 477 g/mol. The van der Waals surface area contributed by atoms with E-state index in [9.17, 15) is 18.0 Å². The van der Waals surface area contributed by atoms with Gasteiger partial charge in [0.25, 0.3) is 0 Å². The molecule has 0 aliphatic carbocycles. The van der Waals surface area contributed by atoms with Gasteiger partial charge >= 0.3 is 6.18 Å². The van der Waals surface area contributed by atoms with Crippen LogP contribution in [-0.2, 0) is 15.7 Å². The second-order valence-corrected chi connectivity index (χ2v) is 8.66. The van der Waals surface area contributed by atoms with E-state index in [-0.39, 0.29) is 5.69 Å². The largest absolute Gasteiger partial charge is 0.493 e. The summed E-state index contributed by atoms with van der Waals surface area (Å²) in [5, 5.41) is 3.12. The van der Waals surface area contributed by atoms with Gasteiger partial charge in [-0.2, -0.15) is 13.2 Å². The Morgan fingerprint density at radius 1 is 1.14 bits per heavy atom. The number of hydrogen-bond donors (Lipinski definition) is 1. The molecule has 3 aromatic rings. The molecule has 0 spiro atoms. The number of benzene rings is 2. The number of anilines is 1. The molecule has 11 heteroatoms. The lowest BCUT2D eigenvalue weighted by atomic mass is 9.93. The molecule has 2 aromatic carbocycles. The number of morpholine rings is 1. The van der Waals surface area contributed by atoms with E-state index in [1.165, 1.54) is 19.5 Å². The molecule has 5 rings (SSSR count). The minimum Gasteiger partial charge on any atom is -0.493 e. The number of fused-ring (bicyclic) bond motifs is 2. The first-order valence-corrected chi connectivity index (χ1v) is 11.6. The Balaban J connectivity index is 1.40. The van der Waals surface area contributed by atoms with Crippen molar-refractivity contribution in [2.75, 3.05) is 51.9 Å². The molecule has 0 radical (unpaired) electrons. The van der Waals surface area contributed by atoms with Gasteiger partial charge in [-0.3, -0.25) is 9.69 Å². The zero-order chi connectivity index (χ0) is 25.3. The summed E-state index contributed by atoms with van der Waals surface area (Å²) < 4.78 is 56.3. The minimum atomic E-state index is -4.51. The Morgan fingerprint density at radius 3 is 2.69 bits per heavy atom. The fourth-order valence-electron chi connectivity index (χ4n) is 4.59. The molecule has 1 atom stereocenters. The Morgan fingerprint density at radius 2 is 1.94 bits per heavy atom. The van der Waals surface area contributed by atoms with Crippen LogP contribution >= 0.6 is 0 Å². The number of ether oxygens (including phenoxy) is 3. The van der Waals surface area contributed by atoms with Gasteiger partial charge in [0.05, 0.1) is 43.7 Å². The zero-order valence-electron chi connectivity index (χ0n) is 19.6. The van der Waals surface area contributed by atoms with Crippen molar-refractivity contribution in [3.05, 3.63) is 53.5 Å². The molecule has 190 valence electrons. The lowest BCUT2D eigenvalue weighted by Crippen LogP contribution is -2.37. The predicted molar refractivity (Wildman–Crippen MR) is 125 cm³/mol. The van der Waals surface area contributed by atoms with Crippen LogP contribution in [0.3, 0.4) is 0 Å². The van der Waals surface area contributed by atoms with Crippen LogP contribution in [0.2, 0.25) is 0 Å². The van der Waals surface area contributed by atoms with Crippen molar-refractivity contribution in [1.29, 1.82) is 0 Å². The maximum atomic E-state index is 13.1. The topological polar surface area (TPSA) is 85.8 Å². The molecule has 2 aliphatic heterocycles. The number of amides is 1. The fourth-order valence-corrected chi connectivity index (χ4v) is 4.59. The summed E-state index contributed by atoms with van der Waals surface area (Å²) >= 11 is 0. The number of carbonyl (C=O) groups excluding carboxylic acids is 1. The third-order valence-electron chi connectivity index (χ3n) is 6.42. The van der Waals surface area contributed by atoms with E-state index in [0.29, 0.717) is 40.3 Å². The Hall–Kier alpha value is -3.44. The summed E-state index contributed by atoms with van der Waals surface area (Å²) in [7, 11) is 1.52. The molecule has 0 bridgehead atoms. The van der Waals surface area contributed by atoms with Crippen LogP contribution in [0.5, 0.6) is 11.5 Å². The van der Waals surface area contributed by atoms with Crippen molar-refractivity contribution < 1.29 is 32.2 Å². The number of nitrogens with zero attached hydrogens (tertiary/aromatic N) is 3. The number of alkyl halides is 3. The molecule has 1 unspecified atom stereocenters. The number of nitrogens with one attached hydrogen (secondary N) is 1. The molecule has 3 heterocycles. The second kappa shape index (κ2) is 9.90. The standard InChI is InChI=1S/C25H25F3N4O4/c1-34-20-12-17-18(13-21(20)36-8-2-5-32-6-9-35-10-7-32)29-14-30-23(17)22-16-4-3-15(25(26,27)28)11-19(16)31-24(22)33/h3-4,11-14,22H,2,5-10H2,1H3,(H,31,33). The van der Waals surface area contributed by atoms with Gasteiger partial charge < -0.3 is 19.5 Å². The maximum Gasteiger partial charge on any atom is 0.416 e. The van der Waals surface area contributed by atoms with Crippen molar-refractivity contribution in [1.82, 2.24) is 14.9 Å². The molecular formula is C25H25F3N4O4. The lowest BCUT2D eigenvalue weighted by Gasteiger charge is -2.26. The highest BCUT2D eigenvalue weighted by molar-refractivity contribution is 6.07. The van der Waals surface area contributed by atoms with Crippen LogP contribution in [0, 0.1) is 0 Å². The Bertz CT molecular complexity index is 1280. The van der Waals surface area contributed by atoms with E-state index in [2.05, 4.69) is 20.2 Å². The average molecular weight is 502 g/mol. The minimum absolute atomic E-state index is 0.124. The van der Waals surface area contributed by atoms with Crippen LogP contribution in [0.15, 0.2) is 36.7 Å². The maximum absolute atomic E-state index is 13.1. The highest BCUT2D eigenvalue weighted by atomic mass is 19.4. The van der Waals surface area contributed by atoms with Gasteiger partial charge in [-0.25, -0.2) is 9.97 Å². The summed E-state index contributed by atoms with van der Waals surface area (Å²) in [5.74, 6) is -0.358. The predicted octanol–water partition coefficient (Wildman–Crippen LogP) is 3.84. The first kappa shape index (κ1) is 24.3. The van der Waals surface area contributed by atoms with Gasteiger partial charge in [0.15, 0.2) is 11.5 Å². The van der Waals surface area contributed by atoms with Crippen molar-refractivity contribution in [2.24, 2.45) is 0 Å². The van der Waals surface area contributed by atoms with Gasteiger partial charge in [-0.15, -0.1) is 0 Å². The second-order valence-electron chi connectivity index (χ2n) is 8.66. The molecule has 36 heavy (non-hydrogen) atoms. The summed E-state index contributed by atoms with van der Waals surface area (Å²) in [5.41, 5.74) is 0.645. The van der Waals surface area contributed by atoms with Crippen molar-refractivity contribution in [3.63, 3.8) is 0 Å². The summed E-state index contributed by atoms with van der Waals surface area (Å²) in [6.45, 7) is 4.69. The van der Waals surface area contributed by atoms with Crippen LogP contribution in [0.4, 0.5) is 18.9 Å². The molecule has 8 nitrogen and oxygen atoms in total. The van der Waals surface area contributed by atoms with E-state index in [1.807, 2.05) is 0 Å². The van der Waals surface area contributed by atoms with Crippen LogP contribution in [-0.4, -0.2) is 67.3 Å². The molecule has 2 aliphatic rings. The van der Waals surface area contributed by atoms with Gasteiger partial charge in [0.1, 0.15) is 12.2 Å². The first-order chi connectivity index (χ1) is 17.3. The molecule has 1 aromatic heterocycles. The van der Waals surface area contributed by atoms with E-state index in [0.717, 1.165) is 51.4 Å². The first-order valence-electron chi connectivity index (χ1n) is 11.6. The van der Waals surface area contributed by atoms with Crippen molar-refractivity contribution in [3.8, 4) is 11.5 Å². The number of halogens is 3. The van der Waals surface area contributed by atoms with Crippen molar-refractivity contribution >= 4 is 22.5 Å². The zero-order valence-corrected chi connectivity index (χ0v) is 19.6. The quantitative estimate of drug-likeness (QED) is 0.492. The van der Waals surface area contributed by atoms with Gasteiger partial charge in [-0.05, 0) is 30.2 Å². The Labute approximate surface area is 205 Å². The summed E-state index contributed by atoms with van der Waals surface area (Å²) in [6.07, 6.45) is -2.34. The molecule has 1 N–H and O–H groups in total. The SMILES string of the molecule is COc1cc2c(C3C(=O)Nc4cc(C(F)(F)F)ccc43)ncnc2cc1OCCCN1CCOCC1.